The van der Waals surface area contributed by atoms with Gasteiger partial charge in [-0.05, 0) is 98.5 Å². The Morgan fingerprint density at radius 2 is 1.62 bits per heavy atom. The molecule has 0 aromatic heterocycles. The normalized spacial score (nSPS) is 14.2. The van der Waals surface area contributed by atoms with Crippen LogP contribution < -0.4 is 9.62 Å². The molecule has 0 unspecified atom stereocenters. The molecular weight excluding hydrogens is 444 g/mol. The number of carbonyl (C=O) groups excluding carboxylic acids is 1. The molecule has 3 aromatic carbocycles. The Bertz CT molecular complexity index is 1290. The van der Waals surface area contributed by atoms with Crippen LogP contribution in [0.15, 0.2) is 71.6 Å². The third-order valence-corrected chi connectivity index (χ3v) is 8.44. The van der Waals surface area contributed by atoms with E-state index in [0.717, 1.165) is 29.5 Å². The van der Waals surface area contributed by atoms with E-state index in [4.69, 9.17) is 0 Å². The third kappa shape index (κ3) is 5.17. The number of hydrogen-bond donors (Lipinski definition) is 1. The average Bonchev–Trinajstić information content (AvgIpc) is 2.84. The number of rotatable bonds is 7. The van der Waals surface area contributed by atoms with E-state index in [2.05, 4.69) is 23.5 Å². The molecule has 1 atom stereocenters. The van der Waals surface area contributed by atoms with Gasteiger partial charge in [-0.25, -0.2) is 8.42 Å². The van der Waals surface area contributed by atoms with Crippen LogP contribution in [0.3, 0.4) is 0 Å². The predicted octanol–water partition coefficient (Wildman–Crippen LogP) is 5.25. The topological polar surface area (TPSA) is 66.5 Å². The molecule has 0 spiro atoms. The number of aryl methyl sites for hydroxylation is 4. The molecule has 4 rings (SSSR count). The Morgan fingerprint density at radius 1 is 0.912 bits per heavy atom. The van der Waals surface area contributed by atoms with Crippen LogP contribution in [0.25, 0.3) is 0 Å². The monoisotopic (exact) mass is 476 g/mol. The van der Waals surface area contributed by atoms with E-state index < -0.39 is 10.0 Å². The maximum Gasteiger partial charge on any atom is 0.264 e. The highest BCUT2D eigenvalue weighted by molar-refractivity contribution is 7.92. The van der Waals surface area contributed by atoms with Crippen molar-refractivity contribution in [3.05, 3.63) is 94.5 Å². The second-order valence-corrected chi connectivity index (χ2v) is 11.0. The van der Waals surface area contributed by atoms with Gasteiger partial charge in [0.25, 0.3) is 10.0 Å². The molecule has 0 aliphatic heterocycles. The summed E-state index contributed by atoms with van der Waals surface area (Å²) in [4.78, 5) is 13.3. The molecule has 0 fully saturated rings. The van der Waals surface area contributed by atoms with E-state index in [1.54, 1.807) is 36.4 Å². The van der Waals surface area contributed by atoms with Gasteiger partial charge in [-0.1, -0.05) is 42.5 Å². The zero-order chi connectivity index (χ0) is 24.3. The molecule has 0 saturated heterocycles. The second-order valence-electron chi connectivity index (χ2n) is 9.12. The van der Waals surface area contributed by atoms with Gasteiger partial charge in [0.05, 0.1) is 16.6 Å². The molecule has 1 N–H and O–H groups in total. The molecule has 1 amide bonds. The van der Waals surface area contributed by atoms with Crippen LogP contribution in [0.4, 0.5) is 5.69 Å². The van der Waals surface area contributed by atoms with Gasteiger partial charge in [0.2, 0.25) is 5.91 Å². The van der Waals surface area contributed by atoms with Crippen molar-refractivity contribution in [3.63, 3.8) is 0 Å². The fraction of sp³-hybridized carbons (Fsp3) is 0.321. The first kappa shape index (κ1) is 24.0. The van der Waals surface area contributed by atoms with Crippen molar-refractivity contribution in [1.29, 1.82) is 0 Å². The summed E-state index contributed by atoms with van der Waals surface area (Å²) in [7, 11) is -3.92. The number of nitrogens with one attached hydrogen (secondary N) is 1. The van der Waals surface area contributed by atoms with Crippen LogP contribution in [-0.2, 0) is 27.7 Å². The molecule has 0 radical (unpaired) electrons. The minimum Gasteiger partial charge on any atom is -0.348 e. The van der Waals surface area contributed by atoms with E-state index in [1.807, 2.05) is 32.9 Å². The standard InChI is InChI=1S/C28H32N2O3S/c1-20-13-16-26(17-21(20)2)30(34(32,33)27-11-5-4-6-12-27)19-28(31)29-22(3)24-15-14-23-9-7-8-10-25(23)18-24/h4-6,11-18,22H,7-10,19H2,1-3H3,(H,29,31)/t22-/m0/s1. The van der Waals surface area contributed by atoms with Crippen molar-refractivity contribution >= 4 is 21.6 Å². The van der Waals surface area contributed by atoms with Gasteiger partial charge in [0.1, 0.15) is 6.54 Å². The molecule has 1 aliphatic rings. The lowest BCUT2D eigenvalue weighted by atomic mass is 9.89. The highest BCUT2D eigenvalue weighted by Gasteiger charge is 2.28. The van der Waals surface area contributed by atoms with Crippen LogP contribution in [-0.4, -0.2) is 20.9 Å². The lowest BCUT2D eigenvalue weighted by Crippen LogP contribution is -2.41. The van der Waals surface area contributed by atoms with E-state index >= 15 is 0 Å². The van der Waals surface area contributed by atoms with Crippen LogP contribution in [0.5, 0.6) is 0 Å². The van der Waals surface area contributed by atoms with Crippen LogP contribution in [0.1, 0.15) is 53.6 Å². The number of fused-ring (bicyclic) bond motifs is 1. The van der Waals surface area contributed by atoms with Crippen molar-refractivity contribution in [2.24, 2.45) is 0 Å². The number of benzene rings is 3. The highest BCUT2D eigenvalue weighted by Crippen LogP contribution is 2.27. The summed E-state index contributed by atoms with van der Waals surface area (Å²) in [5.74, 6) is -0.344. The third-order valence-electron chi connectivity index (χ3n) is 6.65. The Morgan fingerprint density at radius 3 is 2.32 bits per heavy atom. The summed E-state index contributed by atoms with van der Waals surface area (Å²) < 4.78 is 28.3. The lowest BCUT2D eigenvalue weighted by Gasteiger charge is -2.26. The molecule has 178 valence electrons. The molecular formula is C28H32N2O3S. The van der Waals surface area contributed by atoms with Gasteiger partial charge in [-0.3, -0.25) is 9.10 Å². The smallest absolute Gasteiger partial charge is 0.264 e. The lowest BCUT2D eigenvalue weighted by molar-refractivity contribution is -0.120. The SMILES string of the molecule is Cc1ccc(N(CC(=O)N[C@@H](C)c2ccc3c(c2)CCCC3)S(=O)(=O)c2ccccc2)cc1C. The van der Waals surface area contributed by atoms with Gasteiger partial charge in [0, 0.05) is 0 Å². The molecule has 0 heterocycles. The first-order valence-electron chi connectivity index (χ1n) is 11.8. The second kappa shape index (κ2) is 10.0. The quantitative estimate of drug-likeness (QED) is 0.506. The van der Waals surface area contributed by atoms with Crippen molar-refractivity contribution in [2.75, 3.05) is 10.8 Å². The number of carbonyl (C=O) groups is 1. The average molecular weight is 477 g/mol. The van der Waals surface area contributed by atoms with Crippen LogP contribution in [0.2, 0.25) is 0 Å². The minimum absolute atomic E-state index is 0.156. The van der Waals surface area contributed by atoms with Crippen molar-refractivity contribution in [3.8, 4) is 0 Å². The van der Waals surface area contributed by atoms with Gasteiger partial charge in [-0.15, -0.1) is 0 Å². The fourth-order valence-electron chi connectivity index (χ4n) is 4.44. The number of hydrogen-bond acceptors (Lipinski definition) is 3. The van der Waals surface area contributed by atoms with E-state index in [1.165, 1.54) is 28.3 Å². The molecule has 5 nitrogen and oxygen atoms in total. The fourth-order valence-corrected chi connectivity index (χ4v) is 5.87. The molecule has 34 heavy (non-hydrogen) atoms. The number of amides is 1. The van der Waals surface area contributed by atoms with Crippen molar-refractivity contribution < 1.29 is 13.2 Å². The Hall–Kier alpha value is -3.12. The maximum atomic E-state index is 13.5. The molecule has 0 bridgehead atoms. The minimum atomic E-state index is -3.92. The van der Waals surface area contributed by atoms with Gasteiger partial charge >= 0.3 is 0 Å². The van der Waals surface area contributed by atoms with Crippen molar-refractivity contribution in [1.82, 2.24) is 5.32 Å². The van der Waals surface area contributed by atoms with Gasteiger partial charge in [-0.2, -0.15) is 0 Å². The van der Waals surface area contributed by atoms with E-state index in [0.29, 0.717) is 5.69 Å². The summed E-state index contributed by atoms with van der Waals surface area (Å²) in [5.41, 5.74) is 6.29. The summed E-state index contributed by atoms with van der Waals surface area (Å²) in [6.07, 6.45) is 4.60. The van der Waals surface area contributed by atoms with Crippen molar-refractivity contribution in [2.45, 2.75) is 57.4 Å². The first-order chi connectivity index (χ1) is 16.3. The number of anilines is 1. The Balaban J connectivity index is 1.58. The van der Waals surface area contributed by atoms with Gasteiger partial charge in [0.15, 0.2) is 0 Å². The molecule has 1 aliphatic carbocycles. The largest absolute Gasteiger partial charge is 0.348 e. The predicted molar refractivity (Wildman–Crippen MR) is 137 cm³/mol. The van der Waals surface area contributed by atoms with E-state index in [-0.39, 0.29) is 23.4 Å². The Labute approximate surface area is 202 Å². The molecule has 3 aromatic rings. The zero-order valence-electron chi connectivity index (χ0n) is 20.0. The zero-order valence-corrected chi connectivity index (χ0v) is 20.9. The van der Waals surface area contributed by atoms with Crippen LogP contribution >= 0.6 is 0 Å². The summed E-state index contributed by atoms with van der Waals surface area (Å²) in [6.45, 7) is 5.55. The maximum absolute atomic E-state index is 13.5. The summed E-state index contributed by atoms with van der Waals surface area (Å²) in [6, 6.07) is 19.9. The molecule has 0 saturated carbocycles. The first-order valence-corrected chi connectivity index (χ1v) is 13.3. The highest BCUT2D eigenvalue weighted by atomic mass is 32.2. The van der Waals surface area contributed by atoms with Gasteiger partial charge < -0.3 is 5.32 Å². The van der Waals surface area contributed by atoms with Crippen LogP contribution in [0, 0.1) is 13.8 Å². The number of sulfonamides is 1. The number of nitrogens with zero attached hydrogens (tertiary/aromatic N) is 1. The van der Waals surface area contributed by atoms with E-state index in [9.17, 15) is 13.2 Å². The summed E-state index contributed by atoms with van der Waals surface area (Å²) in [5, 5.41) is 3.01. The summed E-state index contributed by atoms with van der Waals surface area (Å²) >= 11 is 0. The Kier molecular flexibility index (Phi) is 7.08. The molecule has 6 heteroatoms.